The van der Waals surface area contributed by atoms with Crippen LogP contribution in [0, 0.1) is 6.92 Å². The van der Waals surface area contributed by atoms with Crippen LogP contribution in [-0.2, 0) is 4.79 Å². The topological polar surface area (TPSA) is 72.9 Å². The normalized spacial score (nSPS) is 12.6. The Bertz CT molecular complexity index is 1080. The predicted octanol–water partition coefficient (Wildman–Crippen LogP) is 4.56. The molecule has 0 aliphatic carbocycles. The van der Waals surface area contributed by atoms with E-state index < -0.39 is 0 Å². The van der Waals surface area contributed by atoms with Crippen LogP contribution in [-0.4, -0.2) is 24.4 Å². The van der Waals surface area contributed by atoms with Gasteiger partial charge < -0.3 is 9.47 Å². The molecule has 0 unspecified atom stereocenters. The number of fused-ring (bicyclic) bond motifs is 1. The van der Waals surface area contributed by atoms with Crippen molar-refractivity contribution in [3.8, 4) is 11.5 Å². The lowest BCUT2D eigenvalue weighted by atomic mass is 10.1. The lowest BCUT2D eigenvalue weighted by Crippen LogP contribution is -2.29. The van der Waals surface area contributed by atoms with Crippen molar-refractivity contribution in [3.63, 3.8) is 0 Å². The largest absolute Gasteiger partial charge is 0.494 e. The molecule has 1 heterocycles. The predicted molar refractivity (Wildman–Crippen MR) is 116 cm³/mol. The number of anilines is 1. The molecule has 0 radical (unpaired) electrons. The number of imide groups is 1. The Morgan fingerprint density at radius 1 is 0.806 bits per heavy atom. The fraction of sp³-hybridized carbons (Fsp3) is 0.160. The first-order valence-electron chi connectivity index (χ1n) is 10.0. The number of carbonyl (C=O) groups is 3. The van der Waals surface area contributed by atoms with Gasteiger partial charge in [-0.05, 0) is 61.9 Å². The van der Waals surface area contributed by atoms with Crippen molar-refractivity contribution >= 4 is 23.5 Å². The summed E-state index contributed by atoms with van der Waals surface area (Å²) in [5, 5.41) is 0. The number of nitrogens with zero attached hydrogens (tertiary/aromatic N) is 1. The van der Waals surface area contributed by atoms with Gasteiger partial charge in [-0.2, -0.15) is 0 Å². The number of carbonyl (C=O) groups excluding carboxylic acids is 3. The number of amides is 2. The minimum Gasteiger partial charge on any atom is -0.494 e. The zero-order valence-corrected chi connectivity index (χ0v) is 17.0. The van der Waals surface area contributed by atoms with Crippen LogP contribution >= 0.6 is 0 Å². The van der Waals surface area contributed by atoms with Gasteiger partial charge in [-0.1, -0.05) is 29.8 Å². The highest BCUT2D eigenvalue weighted by atomic mass is 16.5. The molecule has 2 amide bonds. The van der Waals surface area contributed by atoms with Crippen molar-refractivity contribution in [2.75, 3.05) is 11.5 Å². The molecule has 0 spiro atoms. The van der Waals surface area contributed by atoms with Gasteiger partial charge in [-0.15, -0.1) is 0 Å². The van der Waals surface area contributed by atoms with Crippen LogP contribution in [0.3, 0.4) is 0 Å². The Morgan fingerprint density at radius 2 is 1.39 bits per heavy atom. The number of benzene rings is 3. The lowest BCUT2D eigenvalue weighted by Gasteiger charge is -2.14. The Hall–Kier alpha value is -3.93. The molecule has 1 aliphatic rings. The number of aryl methyl sites for hydroxylation is 1. The van der Waals surface area contributed by atoms with Crippen LogP contribution in [0.25, 0.3) is 0 Å². The molecule has 0 fully saturated rings. The molecule has 31 heavy (non-hydrogen) atoms. The summed E-state index contributed by atoms with van der Waals surface area (Å²) >= 11 is 0. The maximum Gasteiger partial charge on any atom is 0.311 e. The van der Waals surface area contributed by atoms with E-state index in [9.17, 15) is 14.4 Å². The molecule has 3 aromatic rings. The van der Waals surface area contributed by atoms with Crippen molar-refractivity contribution in [2.45, 2.75) is 19.8 Å². The van der Waals surface area contributed by atoms with Gasteiger partial charge in [-0.25, -0.2) is 4.90 Å². The molecular weight excluding hydrogens is 394 g/mol. The second-order valence-corrected chi connectivity index (χ2v) is 7.22. The van der Waals surface area contributed by atoms with Gasteiger partial charge in [-0.3, -0.25) is 14.4 Å². The zero-order valence-electron chi connectivity index (χ0n) is 17.0. The Morgan fingerprint density at radius 3 is 2.00 bits per heavy atom. The zero-order chi connectivity index (χ0) is 21.8. The summed E-state index contributed by atoms with van der Waals surface area (Å²) in [6.45, 7) is 2.42. The molecule has 3 aromatic carbocycles. The summed E-state index contributed by atoms with van der Waals surface area (Å²) in [4.78, 5) is 38.3. The first kappa shape index (κ1) is 20.3. The number of ether oxygens (including phenoxy) is 2. The van der Waals surface area contributed by atoms with Crippen molar-refractivity contribution < 1.29 is 23.9 Å². The van der Waals surface area contributed by atoms with E-state index >= 15 is 0 Å². The molecule has 0 atom stereocenters. The third kappa shape index (κ3) is 4.48. The number of rotatable bonds is 7. The fourth-order valence-electron chi connectivity index (χ4n) is 3.31. The molecule has 6 heteroatoms. The van der Waals surface area contributed by atoms with Crippen molar-refractivity contribution in [3.05, 3.63) is 89.5 Å². The van der Waals surface area contributed by atoms with Gasteiger partial charge >= 0.3 is 5.97 Å². The Balaban J connectivity index is 1.29. The van der Waals surface area contributed by atoms with Gasteiger partial charge in [0.15, 0.2) is 0 Å². The van der Waals surface area contributed by atoms with Gasteiger partial charge in [0.2, 0.25) is 0 Å². The van der Waals surface area contributed by atoms with Crippen molar-refractivity contribution in [1.82, 2.24) is 0 Å². The van der Waals surface area contributed by atoms with E-state index in [2.05, 4.69) is 0 Å². The Labute approximate surface area is 180 Å². The standard InChI is InChI=1S/C25H21NO5/c1-17-8-12-19(13-9-17)30-16-4-7-23(27)31-20-14-10-18(11-15-20)26-24(28)21-5-2-3-6-22(21)25(26)29/h2-3,5-6,8-15H,4,7,16H2,1H3. The second-order valence-electron chi connectivity index (χ2n) is 7.22. The fourth-order valence-corrected chi connectivity index (χ4v) is 3.31. The van der Waals surface area contributed by atoms with Crippen LogP contribution in [0.2, 0.25) is 0 Å². The first-order valence-corrected chi connectivity index (χ1v) is 10.0. The van der Waals surface area contributed by atoms with E-state index in [0.29, 0.717) is 35.6 Å². The molecular formula is C25H21NO5. The molecule has 1 aliphatic heterocycles. The highest BCUT2D eigenvalue weighted by molar-refractivity contribution is 6.34. The highest BCUT2D eigenvalue weighted by Crippen LogP contribution is 2.29. The molecule has 0 bridgehead atoms. The number of hydrogen-bond donors (Lipinski definition) is 0. The van der Waals surface area contributed by atoms with Crippen LogP contribution in [0.4, 0.5) is 5.69 Å². The molecule has 156 valence electrons. The minimum atomic E-state index is -0.374. The van der Waals surface area contributed by atoms with E-state index in [0.717, 1.165) is 16.2 Å². The molecule has 0 saturated carbocycles. The average molecular weight is 415 g/mol. The first-order chi connectivity index (χ1) is 15.0. The van der Waals surface area contributed by atoms with Crippen molar-refractivity contribution in [2.24, 2.45) is 0 Å². The summed E-state index contributed by atoms with van der Waals surface area (Å²) in [6, 6.07) is 20.7. The minimum absolute atomic E-state index is 0.214. The summed E-state index contributed by atoms with van der Waals surface area (Å²) in [6.07, 6.45) is 0.742. The van der Waals surface area contributed by atoms with E-state index in [1.165, 1.54) is 0 Å². The van der Waals surface area contributed by atoms with Crippen LogP contribution in [0.15, 0.2) is 72.8 Å². The third-order valence-electron chi connectivity index (χ3n) is 4.94. The summed E-state index contributed by atoms with van der Waals surface area (Å²) < 4.78 is 10.9. The van der Waals surface area contributed by atoms with E-state index in [-0.39, 0.29) is 24.2 Å². The molecule has 0 N–H and O–H groups in total. The van der Waals surface area contributed by atoms with E-state index in [4.69, 9.17) is 9.47 Å². The van der Waals surface area contributed by atoms with Crippen LogP contribution in [0.1, 0.15) is 39.1 Å². The van der Waals surface area contributed by atoms with Gasteiger partial charge in [0.1, 0.15) is 11.5 Å². The van der Waals surface area contributed by atoms with Gasteiger partial charge in [0, 0.05) is 6.42 Å². The quantitative estimate of drug-likeness (QED) is 0.245. The van der Waals surface area contributed by atoms with Crippen LogP contribution < -0.4 is 14.4 Å². The molecule has 0 saturated heterocycles. The smallest absolute Gasteiger partial charge is 0.311 e. The summed E-state index contributed by atoms with van der Waals surface area (Å²) in [7, 11) is 0. The van der Waals surface area contributed by atoms with E-state index in [1.54, 1.807) is 48.5 Å². The monoisotopic (exact) mass is 415 g/mol. The lowest BCUT2D eigenvalue weighted by molar-refractivity contribution is -0.134. The third-order valence-corrected chi connectivity index (χ3v) is 4.94. The molecule has 6 nitrogen and oxygen atoms in total. The average Bonchev–Trinajstić information content (AvgIpc) is 3.04. The summed E-state index contributed by atoms with van der Waals surface area (Å²) in [5.74, 6) is 0.0198. The maximum atomic E-state index is 12.5. The Kier molecular flexibility index (Phi) is 5.80. The van der Waals surface area contributed by atoms with Gasteiger partial charge in [0.25, 0.3) is 11.8 Å². The van der Waals surface area contributed by atoms with Crippen LogP contribution in [0.5, 0.6) is 11.5 Å². The SMILES string of the molecule is Cc1ccc(OCCCC(=O)Oc2ccc(N3C(=O)c4ccccc4C3=O)cc2)cc1. The number of esters is 1. The maximum absolute atomic E-state index is 12.5. The summed E-state index contributed by atoms with van der Waals surface area (Å²) in [5.41, 5.74) is 2.36. The van der Waals surface area contributed by atoms with Gasteiger partial charge in [0.05, 0.1) is 23.4 Å². The number of hydrogen-bond acceptors (Lipinski definition) is 5. The van der Waals surface area contributed by atoms with E-state index in [1.807, 2.05) is 31.2 Å². The second kappa shape index (κ2) is 8.83. The van der Waals surface area contributed by atoms with Crippen molar-refractivity contribution in [1.29, 1.82) is 0 Å². The molecule has 4 rings (SSSR count). The molecule has 0 aromatic heterocycles. The highest BCUT2D eigenvalue weighted by Gasteiger charge is 2.36.